The molecule has 2 amide bonds. The average molecular weight is 477 g/mol. The summed E-state index contributed by atoms with van der Waals surface area (Å²) in [5.41, 5.74) is 1.73. The van der Waals surface area contributed by atoms with E-state index in [2.05, 4.69) is 22.1 Å². The number of hydrogen-bond acceptors (Lipinski definition) is 5. The number of para-hydroxylation sites is 1. The number of rotatable bonds is 4. The second-order valence-electron chi connectivity index (χ2n) is 9.66. The summed E-state index contributed by atoms with van der Waals surface area (Å²) in [5, 5.41) is 2.28. The van der Waals surface area contributed by atoms with Crippen LogP contribution >= 0.6 is 0 Å². The van der Waals surface area contributed by atoms with Crippen LogP contribution < -0.4 is 11.0 Å². The Morgan fingerprint density at radius 1 is 1.06 bits per heavy atom. The molecule has 0 spiro atoms. The van der Waals surface area contributed by atoms with Gasteiger partial charge in [-0.3, -0.25) is 24.0 Å². The van der Waals surface area contributed by atoms with Gasteiger partial charge in [0.1, 0.15) is 12.3 Å². The zero-order chi connectivity index (χ0) is 24.4. The molecule has 0 radical (unpaired) electrons. The molecule has 1 aliphatic carbocycles. The molecule has 1 aromatic carbocycles. The number of carbonyl (C=O) groups excluding carboxylic acids is 2. The third-order valence-electron chi connectivity index (χ3n) is 7.46. The third-order valence-corrected chi connectivity index (χ3v) is 7.46. The van der Waals surface area contributed by atoms with E-state index >= 15 is 0 Å². The highest BCUT2D eigenvalue weighted by Crippen LogP contribution is 2.26. The van der Waals surface area contributed by atoms with E-state index in [1.165, 1.54) is 47.3 Å². The van der Waals surface area contributed by atoms with Gasteiger partial charge in [-0.1, -0.05) is 37.2 Å². The molecular weight excluding hydrogens is 444 g/mol. The van der Waals surface area contributed by atoms with Gasteiger partial charge in [-0.15, -0.1) is 0 Å². The third kappa shape index (κ3) is 4.84. The summed E-state index contributed by atoms with van der Waals surface area (Å²) < 4.78 is 8.90. The van der Waals surface area contributed by atoms with Crippen molar-refractivity contribution in [1.29, 1.82) is 0 Å². The van der Waals surface area contributed by atoms with Crippen LogP contribution in [0.5, 0.6) is 0 Å². The minimum atomic E-state index is -0.574. The number of likely N-dealkylation sites (tertiary alicyclic amines) is 1. The maximum absolute atomic E-state index is 13.0. The molecule has 35 heavy (non-hydrogen) atoms. The number of nitrogens with one attached hydrogen (secondary N) is 1. The lowest BCUT2D eigenvalue weighted by Crippen LogP contribution is -2.44. The van der Waals surface area contributed by atoms with Crippen LogP contribution in [0.1, 0.15) is 56.9 Å². The molecule has 1 N–H and O–H groups in total. The number of hydrogen-bond donors (Lipinski definition) is 1. The number of piperidine rings is 1. The minimum Gasteiger partial charge on any atom is -0.365 e. The molecular formula is C27H32N4O4. The number of aryl methyl sites for hydroxylation is 1. The summed E-state index contributed by atoms with van der Waals surface area (Å²) in [5.74, 6) is 5.32. The highest BCUT2D eigenvalue weighted by molar-refractivity contribution is 6.22. The molecule has 5 rings (SSSR count). The first-order valence-electron chi connectivity index (χ1n) is 12.6. The predicted octanol–water partition coefficient (Wildman–Crippen LogP) is 2.39. The van der Waals surface area contributed by atoms with E-state index in [4.69, 9.17) is 4.74 Å². The molecule has 2 aromatic rings. The molecule has 1 saturated carbocycles. The highest BCUT2D eigenvalue weighted by Gasteiger charge is 2.27. The largest absolute Gasteiger partial charge is 0.365 e. The van der Waals surface area contributed by atoms with Crippen LogP contribution in [0.2, 0.25) is 0 Å². The smallest absolute Gasteiger partial charge is 0.333 e. The van der Waals surface area contributed by atoms with E-state index in [-0.39, 0.29) is 29.8 Å². The molecule has 2 aliphatic heterocycles. The van der Waals surface area contributed by atoms with Gasteiger partial charge in [0, 0.05) is 32.6 Å². The van der Waals surface area contributed by atoms with Crippen molar-refractivity contribution < 1.29 is 14.3 Å². The Morgan fingerprint density at radius 3 is 2.57 bits per heavy atom. The molecule has 8 heteroatoms. The van der Waals surface area contributed by atoms with E-state index in [1.807, 2.05) is 12.1 Å². The zero-order valence-electron chi connectivity index (χ0n) is 20.2. The van der Waals surface area contributed by atoms with Gasteiger partial charge in [0.15, 0.2) is 0 Å². The monoisotopic (exact) mass is 476 g/mol. The summed E-state index contributed by atoms with van der Waals surface area (Å²) in [7, 11) is 1.66. The fourth-order valence-corrected chi connectivity index (χ4v) is 5.61. The van der Waals surface area contributed by atoms with Gasteiger partial charge in [-0.25, -0.2) is 4.79 Å². The summed E-state index contributed by atoms with van der Waals surface area (Å²) >= 11 is 0. The van der Waals surface area contributed by atoms with Gasteiger partial charge in [-0.05, 0) is 43.9 Å². The Morgan fingerprint density at radius 2 is 1.83 bits per heavy atom. The first-order chi connectivity index (χ1) is 17.0. The van der Waals surface area contributed by atoms with E-state index in [0.29, 0.717) is 23.2 Å². The Labute approximate surface area is 204 Å². The van der Waals surface area contributed by atoms with Gasteiger partial charge < -0.3 is 9.64 Å². The number of carbonyl (C=O) groups is 2. The predicted molar refractivity (Wildman–Crippen MR) is 134 cm³/mol. The lowest BCUT2D eigenvalue weighted by atomic mass is 9.92. The van der Waals surface area contributed by atoms with Crippen LogP contribution in [0.15, 0.2) is 29.1 Å². The lowest BCUT2D eigenvalue weighted by molar-refractivity contribution is -0.127. The maximum Gasteiger partial charge on any atom is 0.333 e. The number of imidazole rings is 1. The Hall–Kier alpha value is -3.15. The highest BCUT2D eigenvalue weighted by atomic mass is 16.5. The number of imide groups is 1. The number of nitrogens with zero attached hydrogens (tertiary/aromatic N) is 3. The van der Waals surface area contributed by atoms with Crippen molar-refractivity contribution in [2.24, 2.45) is 7.05 Å². The van der Waals surface area contributed by atoms with Crippen LogP contribution in [0.3, 0.4) is 0 Å². The van der Waals surface area contributed by atoms with Gasteiger partial charge in [0.05, 0.1) is 22.7 Å². The Balaban J connectivity index is 1.27. The van der Waals surface area contributed by atoms with E-state index in [1.54, 1.807) is 13.1 Å². The molecule has 3 heterocycles. The number of amides is 2. The molecule has 3 aliphatic rings. The molecule has 1 saturated heterocycles. The Bertz CT molecular complexity index is 1280. The molecule has 0 unspecified atom stereocenters. The van der Waals surface area contributed by atoms with Crippen LogP contribution in [0.25, 0.3) is 16.7 Å². The van der Waals surface area contributed by atoms with Crippen molar-refractivity contribution in [2.75, 3.05) is 19.7 Å². The topological polar surface area (TPSA) is 85.6 Å². The van der Waals surface area contributed by atoms with Crippen molar-refractivity contribution in [1.82, 2.24) is 19.4 Å². The number of aromatic nitrogens is 2. The van der Waals surface area contributed by atoms with Crippen molar-refractivity contribution in [2.45, 2.75) is 63.5 Å². The van der Waals surface area contributed by atoms with Gasteiger partial charge in [-0.2, -0.15) is 0 Å². The van der Waals surface area contributed by atoms with E-state index in [0.717, 1.165) is 32.0 Å². The van der Waals surface area contributed by atoms with Crippen LogP contribution in [-0.2, 0) is 21.4 Å². The first kappa shape index (κ1) is 23.6. The lowest BCUT2D eigenvalue weighted by Gasteiger charge is -2.39. The second-order valence-corrected chi connectivity index (χ2v) is 9.66. The zero-order valence-corrected chi connectivity index (χ0v) is 20.2. The minimum absolute atomic E-state index is 0.0559. The van der Waals surface area contributed by atoms with Crippen molar-refractivity contribution in [3.63, 3.8) is 0 Å². The van der Waals surface area contributed by atoms with Crippen molar-refractivity contribution >= 4 is 28.5 Å². The van der Waals surface area contributed by atoms with Crippen molar-refractivity contribution in [3.05, 3.63) is 40.3 Å². The Kier molecular flexibility index (Phi) is 6.89. The maximum atomic E-state index is 13.0. The van der Waals surface area contributed by atoms with Gasteiger partial charge in [0.2, 0.25) is 5.91 Å². The molecule has 184 valence electrons. The molecule has 0 bridgehead atoms. The number of fused-ring (bicyclic) bond motifs is 1. The number of ether oxygens (including phenoxy) is 1. The fourth-order valence-electron chi connectivity index (χ4n) is 5.61. The summed E-state index contributed by atoms with van der Waals surface area (Å²) in [6.45, 7) is 2.55. The molecule has 1 aromatic heterocycles. The quantitative estimate of drug-likeness (QED) is 0.541. The summed E-state index contributed by atoms with van der Waals surface area (Å²) in [6.07, 6.45) is 10.7. The van der Waals surface area contributed by atoms with Gasteiger partial charge in [0.25, 0.3) is 5.91 Å². The van der Waals surface area contributed by atoms with Crippen LogP contribution in [0.4, 0.5) is 0 Å². The van der Waals surface area contributed by atoms with E-state index in [9.17, 15) is 14.4 Å². The normalized spacial score (nSPS) is 20.4. The fraction of sp³-hybridized carbons (Fsp3) is 0.519. The average Bonchev–Trinajstić information content (AvgIpc) is 3.13. The SMILES string of the molecule is Cn1c(=O)n(C2=CCC(=O)NC2=O)c2cccc(C#CCOC3CCN(C4CCCCC4)CC3)c21. The summed E-state index contributed by atoms with van der Waals surface area (Å²) in [6, 6.07) is 6.22. The first-order valence-corrected chi connectivity index (χ1v) is 12.6. The molecule has 0 atom stereocenters. The standard InChI is InChI=1S/C27H32N4O4/c1-29-25-19(7-5-11-22(25)31(27(29)34)23-12-13-24(32)28-26(23)33)8-6-18-35-21-14-16-30(17-15-21)20-9-3-2-4-10-20/h5,7,11-12,20-21H,2-4,9-10,13-18H2,1H3,(H,28,32,33). The van der Waals surface area contributed by atoms with Crippen molar-refractivity contribution in [3.8, 4) is 11.8 Å². The number of benzene rings is 1. The van der Waals surface area contributed by atoms with E-state index < -0.39 is 5.91 Å². The second kappa shape index (κ2) is 10.2. The van der Waals surface area contributed by atoms with Gasteiger partial charge >= 0.3 is 5.69 Å². The van der Waals surface area contributed by atoms with Crippen LogP contribution in [-0.4, -0.2) is 57.7 Å². The molecule has 2 fully saturated rings. The summed E-state index contributed by atoms with van der Waals surface area (Å²) in [4.78, 5) is 39.5. The van der Waals surface area contributed by atoms with Crippen LogP contribution in [0, 0.1) is 11.8 Å². The molecule has 8 nitrogen and oxygen atoms in total.